The minimum absolute atomic E-state index is 1.02. The van der Waals surface area contributed by atoms with Crippen LogP contribution in [0.25, 0.3) is 88.4 Å². The first-order valence-corrected chi connectivity index (χ1v) is 18.5. The van der Waals surface area contributed by atoms with Crippen molar-refractivity contribution in [3.05, 3.63) is 181 Å². The third-order valence-electron chi connectivity index (χ3n) is 10.9. The van der Waals surface area contributed by atoms with Gasteiger partial charge in [0, 0.05) is 79.7 Å². The normalized spacial score (nSPS) is 11.7. The van der Waals surface area contributed by atoms with Crippen LogP contribution in [0.1, 0.15) is 22.3 Å². The SMILES string of the molecule is Cc1ccc2c(c1)c1cc(C)ccc1n2-c1ccccc1-c1cncc(-c2cncc(-c3ccccc3-n3c4ccc(C)cc4c4cc(C)ccc43)c2)c1. The largest absolute Gasteiger partial charge is 0.309 e. The van der Waals surface area contributed by atoms with Gasteiger partial charge in [0.25, 0.3) is 0 Å². The number of fused-ring (bicyclic) bond motifs is 6. The van der Waals surface area contributed by atoms with E-state index in [1.807, 2.05) is 24.8 Å². The predicted molar refractivity (Wildman–Crippen MR) is 226 cm³/mol. The van der Waals surface area contributed by atoms with Crippen molar-refractivity contribution in [2.75, 3.05) is 0 Å². The van der Waals surface area contributed by atoms with Crippen molar-refractivity contribution in [3.8, 4) is 44.8 Å². The van der Waals surface area contributed by atoms with E-state index in [2.05, 4.69) is 170 Å². The second-order valence-electron chi connectivity index (χ2n) is 14.7. The number of rotatable bonds is 5. The summed E-state index contributed by atoms with van der Waals surface area (Å²) in [6.07, 6.45) is 7.84. The molecule has 10 rings (SSSR count). The summed E-state index contributed by atoms with van der Waals surface area (Å²) in [7, 11) is 0. The maximum atomic E-state index is 4.81. The number of aromatic nitrogens is 4. The number of hydrogen-bond acceptors (Lipinski definition) is 2. The van der Waals surface area contributed by atoms with Crippen LogP contribution in [-0.2, 0) is 0 Å². The topological polar surface area (TPSA) is 35.6 Å². The van der Waals surface area contributed by atoms with E-state index in [9.17, 15) is 0 Å². The molecule has 4 heterocycles. The van der Waals surface area contributed by atoms with Crippen molar-refractivity contribution in [1.82, 2.24) is 19.1 Å². The van der Waals surface area contributed by atoms with Crippen LogP contribution in [0.15, 0.2) is 158 Å². The minimum Gasteiger partial charge on any atom is -0.309 e. The quantitative estimate of drug-likeness (QED) is 0.180. The lowest BCUT2D eigenvalue weighted by Gasteiger charge is -2.15. The summed E-state index contributed by atoms with van der Waals surface area (Å²) in [5.74, 6) is 0. The number of para-hydroxylation sites is 2. The first-order chi connectivity index (χ1) is 26.4. The van der Waals surface area contributed by atoms with Gasteiger partial charge < -0.3 is 9.13 Å². The van der Waals surface area contributed by atoms with Crippen LogP contribution in [0.5, 0.6) is 0 Å². The fourth-order valence-corrected chi connectivity index (χ4v) is 8.34. The van der Waals surface area contributed by atoms with Gasteiger partial charge in [-0.15, -0.1) is 0 Å². The molecule has 0 aliphatic carbocycles. The van der Waals surface area contributed by atoms with Crippen LogP contribution in [0.4, 0.5) is 0 Å². The second kappa shape index (κ2) is 12.4. The average Bonchev–Trinajstić information content (AvgIpc) is 3.68. The number of benzene rings is 6. The van der Waals surface area contributed by atoms with Gasteiger partial charge in [-0.1, -0.05) is 82.9 Å². The van der Waals surface area contributed by atoms with Crippen LogP contribution >= 0.6 is 0 Å². The third kappa shape index (κ3) is 5.14. The molecule has 0 atom stereocenters. The van der Waals surface area contributed by atoms with Gasteiger partial charge in [0.1, 0.15) is 0 Å². The Labute approximate surface area is 314 Å². The van der Waals surface area contributed by atoms with Gasteiger partial charge in [0.05, 0.1) is 33.4 Å². The molecule has 54 heavy (non-hydrogen) atoms. The zero-order valence-corrected chi connectivity index (χ0v) is 30.8. The molecule has 0 N–H and O–H groups in total. The van der Waals surface area contributed by atoms with E-state index in [-0.39, 0.29) is 0 Å². The third-order valence-corrected chi connectivity index (χ3v) is 10.9. The summed E-state index contributed by atoms with van der Waals surface area (Å²) >= 11 is 0. The molecule has 4 aromatic heterocycles. The number of aryl methyl sites for hydroxylation is 4. The first kappa shape index (κ1) is 31.9. The Balaban J connectivity index is 1.10. The molecule has 0 amide bonds. The summed E-state index contributed by atoms with van der Waals surface area (Å²) in [4.78, 5) is 9.62. The smallest absolute Gasteiger partial charge is 0.0541 e. The molecule has 0 fully saturated rings. The van der Waals surface area contributed by atoms with Gasteiger partial charge in [0.2, 0.25) is 0 Å². The van der Waals surface area contributed by atoms with E-state index < -0.39 is 0 Å². The van der Waals surface area contributed by atoms with Gasteiger partial charge in [-0.25, -0.2) is 0 Å². The standard InChI is InChI=1S/C50H38N4/c1-31-13-17-47-41(21-31)42-22-32(2)14-18-48(42)53(47)45-11-7-5-9-39(45)37-25-35(27-51-29-37)36-26-38(30-52-28-36)40-10-6-8-12-46(40)54-49-19-15-33(3)23-43(49)44-24-34(4)16-20-50(44)54/h5-30H,1-4H3. The van der Waals surface area contributed by atoms with Gasteiger partial charge in [-0.2, -0.15) is 0 Å². The Morgan fingerprint density at radius 2 is 0.648 bits per heavy atom. The molecule has 0 unspecified atom stereocenters. The van der Waals surface area contributed by atoms with E-state index in [0.717, 1.165) is 44.8 Å². The fourth-order valence-electron chi connectivity index (χ4n) is 8.34. The summed E-state index contributed by atoms with van der Waals surface area (Å²) in [5.41, 5.74) is 18.5. The number of hydrogen-bond donors (Lipinski definition) is 0. The van der Waals surface area contributed by atoms with Gasteiger partial charge >= 0.3 is 0 Å². The summed E-state index contributed by atoms with van der Waals surface area (Å²) in [6.45, 7) is 8.66. The molecule has 0 saturated carbocycles. The van der Waals surface area contributed by atoms with Gasteiger partial charge in [0.15, 0.2) is 0 Å². The number of nitrogens with zero attached hydrogens (tertiary/aromatic N) is 4. The molecule has 0 bridgehead atoms. The zero-order chi connectivity index (χ0) is 36.5. The molecule has 4 nitrogen and oxygen atoms in total. The molecule has 258 valence electrons. The molecule has 0 saturated heterocycles. The highest BCUT2D eigenvalue weighted by Gasteiger charge is 2.19. The van der Waals surface area contributed by atoms with Crippen molar-refractivity contribution in [3.63, 3.8) is 0 Å². The lowest BCUT2D eigenvalue weighted by Crippen LogP contribution is -1.98. The summed E-state index contributed by atoms with van der Waals surface area (Å²) in [6, 6.07) is 48.9. The lowest BCUT2D eigenvalue weighted by molar-refractivity contribution is 1.17. The van der Waals surface area contributed by atoms with Crippen molar-refractivity contribution in [1.29, 1.82) is 0 Å². The van der Waals surface area contributed by atoms with Crippen molar-refractivity contribution in [2.24, 2.45) is 0 Å². The molecule has 0 radical (unpaired) electrons. The van der Waals surface area contributed by atoms with E-state index in [0.29, 0.717) is 0 Å². The van der Waals surface area contributed by atoms with Crippen LogP contribution in [0, 0.1) is 27.7 Å². The molecular weight excluding hydrogens is 657 g/mol. The maximum Gasteiger partial charge on any atom is 0.0541 e. The van der Waals surface area contributed by atoms with Gasteiger partial charge in [-0.3, -0.25) is 9.97 Å². The first-order valence-electron chi connectivity index (χ1n) is 18.5. The summed E-state index contributed by atoms with van der Waals surface area (Å²) < 4.78 is 4.81. The zero-order valence-electron chi connectivity index (χ0n) is 30.8. The highest BCUT2D eigenvalue weighted by Crippen LogP contribution is 2.40. The molecule has 6 aromatic carbocycles. The highest BCUT2D eigenvalue weighted by molar-refractivity contribution is 6.11. The van der Waals surface area contributed by atoms with E-state index in [4.69, 9.17) is 9.97 Å². The summed E-state index contributed by atoms with van der Waals surface area (Å²) in [5, 5.41) is 5.07. The van der Waals surface area contributed by atoms with Gasteiger partial charge in [-0.05, 0) is 100 Å². The van der Waals surface area contributed by atoms with E-state index in [1.165, 1.54) is 65.9 Å². The Kier molecular flexibility index (Phi) is 7.34. The van der Waals surface area contributed by atoms with Crippen molar-refractivity contribution >= 4 is 43.6 Å². The molecular formula is C50H38N4. The molecule has 10 aromatic rings. The Morgan fingerprint density at radius 1 is 0.333 bits per heavy atom. The molecule has 0 aliphatic rings. The van der Waals surface area contributed by atoms with Crippen LogP contribution < -0.4 is 0 Å². The Bertz CT molecular complexity index is 2780. The average molecular weight is 695 g/mol. The Hall–Kier alpha value is -6.78. The second-order valence-corrected chi connectivity index (χ2v) is 14.7. The lowest BCUT2D eigenvalue weighted by atomic mass is 9.98. The minimum atomic E-state index is 1.02. The van der Waals surface area contributed by atoms with Crippen LogP contribution in [0.2, 0.25) is 0 Å². The van der Waals surface area contributed by atoms with E-state index in [1.54, 1.807) is 0 Å². The molecule has 4 heteroatoms. The van der Waals surface area contributed by atoms with Crippen LogP contribution in [-0.4, -0.2) is 19.1 Å². The Morgan fingerprint density at radius 3 is 1.00 bits per heavy atom. The predicted octanol–water partition coefficient (Wildman–Crippen LogP) is 12.9. The van der Waals surface area contributed by atoms with E-state index >= 15 is 0 Å². The molecule has 0 aliphatic heterocycles. The monoisotopic (exact) mass is 694 g/mol. The maximum absolute atomic E-state index is 4.81. The highest BCUT2D eigenvalue weighted by atomic mass is 15.0. The van der Waals surface area contributed by atoms with Crippen molar-refractivity contribution in [2.45, 2.75) is 27.7 Å². The van der Waals surface area contributed by atoms with Crippen molar-refractivity contribution < 1.29 is 0 Å². The van der Waals surface area contributed by atoms with Crippen LogP contribution in [0.3, 0.4) is 0 Å². The molecule has 0 spiro atoms. The fraction of sp³-hybridized carbons (Fsp3) is 0.0800. The number of pyridine rings is 2.